The second kappa shape index (κ2) is 6.37. The second-order valence-corrected chi connectivity index (χ2v) is 6.02. The Hall–Kier alpha value is -1.10. The Balaban J connectivity index is 1.92. The van der Waals surface area contributed by atoms with E-state index in [1.807, 2.05) is 4.90 Å². The number of hydrogen-bond donors (Lipinski definition) is 2. The molecule has 0 aliphatic carbocycles. The van der Waals surface area contributed by atoms with Crippen LogP contribution in [0.3, 0.4) is 0 Å². The molecule has 2 atom stereocenters. The van der Waals surface area contributed by atoms with Gasteiger partial charge in [-0.15, -0.1) is 0 Å². The lowest BCUT2D eigenvalue weighted by molar-refractivity contribution is -0.140. The first-order chi connectivity index (χ1) is 9.08. The Morgan fingerprint density at radius 2 is 2.05 bits per heavy atom. The molecule has 0 aromatic carbocycles. The average Bonchev–Trinajstić information content (AvgIpc) is 2.78. The summed E-state index contributed by atoms with van der Waals surface area (Å²) >= 11 is 0. The summed E-state index contributed by atoms with van der Waals surface area (Å²) in [6, 6.07) is -0.464. The van der Waals surface area contributed by atoms with Crippen LogP contribution < -0.4 is 10.6 Å². The van der Waals surface area contributed by atoms with E-state index in [0.29, 0.717) is 12.3 Å². The molecule has 108 valence electrons. The van der Waals surface area contributed by atoms with E-state index in [2.05, 4.69) is 24.5 Å². The van der Waals surface area contributed by atoms with Crippen molar-refractivity contribution in [2.24, 2.45) is 5.92 Å². The van der Waals surface area contributed by atoms with Gasteiger partial charge in [0.25, 0.3) is 0 Å². The Labute approximate surface area is 115 Å². The summed E-state index contributed by atoms with van der Waals surface area (Å²) in [7, 11) is 0. The molecule has 2 aliphatic heterocycles. The van der Waals surface area contributed by atoms with Gasteiger partial charge in [0, 0.05) is 13.1 Å². The van der Waals surface area contributed by atoms with Crippen LogP contribution in [0.25, 0.3) is 0 Å². The molecular formula is C14H25N3O2. The fourth-order valence-corrected chi connectivity index (χ4v) is 2.63. The van der Waals surface area contributed by atoms with Gasteiger partial charge < -0.3 is 15.5 Å². The quantitative estimate of drug-likeness (QED) is 0.762. The highest BCUT2D eigenvalue weighted by atomic mass is 16.2. The minimum absolute atomic E-state index is 0.0166. The number of carbonyl (C=O) groups excluding carboxylic acids is 2. The molecule has 2 rings (SSSR count). The third-order valence-electron chi connectivity index (χ3n) is 3.87. The first kappa shape index (κ1) is 14.3. The molecule has 2 saturated heterocycles. The summed E-state index contributed by atoms with van der Waals surface area (Å²) in [5.74, 6) is 0.468. The summed E-state index contributed by atoms with van der Waals surface area (Å²) < 4.78 is 0. The van der Waals surface area contributed by atoms with Crippen molar-refractivity contribution >= 4 is 11.8 Å². The second-order valence-electron chi connectivity index (χ2n) is 6.02. The van der Waals surface area contributed by atoms with Crippen molar-refractivity contribution in [2.75, 3.05) is 19.6 Å². The third kappa shape index (κ3) is 3.69. The van der Waals surface area contributed by atoms with Crippen LogP contribution in [0.4, 0.5) is 0 Å². The van der Waals surface area contributed by atoms with E-state index in [1.165, 1.54) is 0 Å². The van der Waals surface area contributed by atoms with E-state index in [1.54, 1.807) is 0 Å². The number of nitrogens with one attached hydrogen (secondary N) is 2. The highest BCUT2D eigenvalue weighted by Gasteiger charge is 2.32. The van der Waals surface area contributed by atoms with Gasteiger partial charge in [0.2, 0.25) is 11.8 Å². The predicted molar refractivity (Wildman–Crippen MR) is 73.6 cm³/mol. The van der Waals surface area contributed by atoms with Gasteiger partial charge in [0.1, 0.15) is 6.04 Å². The molecule has 0 aromatic rings. The van der Waals surface area contributed by atoms with Crippen molar-refractivity contribution < 1.29 is 9.59 Å². The normalized spacial score (nSPS) is 24.2. The Morgan fingerprint density at radius 1 is 1.32 bits per heavy atom. The molecule has 2 heterocycles. The smallest absolute Gasteiger partial charge is 0.245 e. The van der Waals surface area contributed by atoms with Gasteiger partial charge in [0.15, 0.2) is 0 Å². The van der Waals surface area contributed by atoms with Gasteiger partial charge in [0.05, 0.1) is 6.04 Å². The van der Waals surface area contributed by atoms with Crippen molar-refractivity contribution in [1.82, 2.24) is 15.5 Å². The fraction of sp³-hybridized carbons (Fsp3) is 0.857. The zero-order valence-corrected chi connectivity index (χ0v) is 11.9. The molecule has 0 spiro atoms. The first-order valence-corrected chi connectivity index (χ1v) is 7.40. The van der Waals surface area contributed by atoms with Gasteiger partial charge >= 0.3 is 0 Å². The molecule has 5 heteroatoms. The zero-order valence-electron chi connectivity index (χ0n) is 11.9. The summed E-state index contributed by atoms with van der Waals surface area (Å²) in [6.45, 7) is 6.73. The van der Waals surface area contributed by atoms with E-state index < -0.39 is 0 Å². The Morgan fingerprint density at radius 3 is 2.53 bits per heavy atom. The lowest BCUT2D eigenvalue weighted by atomic mass is 10.0. The van der Waals surface area contributed by atoms with Gasteiger partial charge in [-0.3, -0.25) is 9.59 Å². The van der Waals surface area contributed by atoms with Crippen LogP contribution in [0.1, 0.15) is 39.5 Å². The Kier molecular flexibility index (Phi) is 4.80. The first-order valence-electron chi connectivity index (χ1n) is 7.40. The molecule has 2 amide bonds. The van der Waals surface area contributed by atoms with Crippen LogP contribution in [0.2, 0.25) is 0 Å². The number of rotatable bonds is 5. The van der Waals surface area contributed by atoms with Crippen molar-refractivity contribution in [3.8, 4) is 0 Å². The largest absolute Gasteiger partial charge is 0.343 e. The van der Waals surface area contributed by atoms with Crippen molar-refractivity contribution in [3.05, 3.63) is 0 Å². The van der Waals surface area contributed by atoms with Crippen molar-refractivity contribution in [2.45, 2.75) is 51.6 Å². The molecule has 0 unspecified atom stereocenters. The molecule has 2 N–H and O–H groups in total. The lowest BCUT2D eigenvalue weighted by Gasteiger charge is -2.35. The Bertz CT molecular complexity index is 334. The van der Waals surface area contributed by atoms with E-state index >= 15 is 0 Å². The molecule has 0 bridgehead atoms. The molecule has 2 aliphatic rings. The van der Waals surface area contributed by atoms with Crippen molar-refractivity contribution in [1.29, 1.82) is 0 Å². The molecule has 0 aromatic heterocycles. The summed E-state index contributed by atoms with van der Waals surface area (Å²) in [4.78, 5) is 26.3. The number of amides is 2. The van der Waals surface area contributed by atoms with Gasteiger partial charge in [-0.05, 0) is 38.1 Å². The summed E-state index contributed by atoms with van der Waals surface area (Å²) in [5.41, 5.74) is 0. The minimum atomic E-state index is -0.352. The number of likely N-dealkylation sites (tertiary alicyclic amines) is 1. The third-order valence-corrected chi connectivity index (χ3v) is 3.87. The van der Waals surface area contributed by atoms with Crippen LogP contribution in [0, 0.1) is 5.92 Å². The van der Waals surface area contributed by atoms with E-state index in [-0.39, 0.29) is 23.9 Å². The predicted octanol–water partition coefficient (Wildman–Crippen LogP) is 0.502. The van der Waals surface area contributed by atoms with Gasteiger partial charge in [-0.25, -0.2) is 0 Å². The molecule has 2 fully saturated rings. The molecule has 0 saturated carbocycles. The van der Waals surface area contributed by atoms with Crippen LogP contribution >= 0.6 is 0 Å². The maximum Gasteiger partial charge on any atom is 0.245 e. The summed E-state index contributed by atoms with van der Waals surface area (Å²) in [6.07, 6.45) is 3.71. The van der Waals surface area contributed by atoms with E-state index in [0.717, 1.165) is 38.9 Å². The number of nitrogens with zero attached hydrogens (tertiary/aromatic N) is 1. The van der Waals surface area contributed by atoms with Gasteiger partial charge in [-0.1, -0.05) is 13.8 Å². The zero-order chi connectivity index (χ0) is 13.8. The van der Waals surface area contributed by atoms with Crippen molar-refractivity contribution in [3.63, 3.8) is 0 Å². The van der Waals surface area contributed by atoms with E-state index in [9.17, 15) is 9.59 Å². The maximum atomic E-state index is 12.3. The average molecular weight is 267 g/mol. The molecule has 19 heavy (non-hydrogen) atoms. The lowest BCUT2D eigenvalue weighted by Crippen LogP contribution is -2.55. The summed E-state index contributed by atoms with van der Waals surface area (Å²) in [5, 5.41) is 6.12. The van der Waals surface area contributed by atoms with Crippen LogP contribution in [-0.4, -0.2) is 48.4 Å². The standard InChI is InChI=1S/C14H25N3O2/c1-10(2)9-12(14(19)17-7-4-8-17)16-13(18)11-5-3-6-15-11/h10-12,15H,3-9H2,1-2H3,(H,16,18)/t11-,12-/m0/s1. The monoisotopic (exact) mass is 267 g/mol. The van der Waals surface area contributed by atoms with Crippen LogP contribution in [-0.2, 0) is 9.59 Å². The van der Waals surface area contributed by atoms with Gasteiger partial charge in [-0.2, -0.15) is 0 Å². The number of hydrogen-bond acceptors (Lipinski definition) is 3. The topological polar surface area (TPSA) is 61.4 Å². The fourth-order valence-electron chi connectivity index (χ4n) is 2.63. The highest BCUT2D eigenvalue weighted by molar-refractivity contribution is 5.90. The maximum absolute atomic E-state index is 12.3. The molecule has 5 nitrogen and oxygen atoms in total. The van der Waals surface area contributed by atoms with Crippen LogP contribution in [0.5, 0.6) is 0 Å². The van der Waals surface area contributed by atoms with Crippen LogP contribution in [0.15, 0.2) is 0 Å². The highest BCUT2D eigenvalue weighted by Crippen LogP contribution is 2.14. The number of carbonyl (C=O) groups is 2. The molecule has 0 radical (unpaired) electrons. The SMILES string of the molecule is CC(C)C[C@H](NC(=O)[C@@H]1CCCN1)C(=O)N1CCC1. The molecular weight excluding hydrogens is 242 g/mol. The minimum Gasteiger partial charge on any atom is -0.343 e. The van der Waals surface area contributed by atoms with E-state index in [4.69, 9.17) is 0 Å².